The van der Waals surface area contributed by atoms with Crippen molar-refractivity contribution in [2.24, 2.45) is 5.92 Å². The molecule has 0 saturated heterocycles. The molecule has 2 amide bonds. The van der Waals surface area contributed by atoms with E-state index in [0.29, 0.717) is 23.1 Å². The third kappa shape index (κ3) is 4.41. The summed E-state index contributed by atoms with van der Waals surface area (Å²) in [7, 11) is 0. The summed E-state index contributed by atoms with van der Waals surface area (Å²) in [6.45, 7) is 7.85. The van der Waals surface area contributed by atoms with E-state index >= 15 is 0 Å². The topological polar surface area (TPSA) is 122 Å². The summed E-state index contributed by atoms with van der Waals surface area (Å²) in [6, 6.07) is 4.27. The number of rotatable bonds is 7. The molecule has 2 aromatic rings. The first kappa shape index (κ1) is 21.2. The minimum atomic E-state index is -1.19. The van der Waals surface area contributed by atoms with E-state index in [2.05, 4.69) is 10.6 Å². The fraction of sp³-hybridized carbons (Fsp3) is 0.474. The molecule has 0 aliphatic heterocycles. The van der Waals surface area contributed by atoms with E-state index in [1.165, 1.54) is 4.57 Å². The zero-order chi connectivity index (χ0) is 21.0. The molecule has 1 aromatic heterocycles. The predicted molar refractivity (Wildman–Crippen MR) is 107 cm³/mol. The van der Waals surface area contributed by atoms with Gasteiger partial charge in [0.15, 0.2) is 0 Å². The van der Waals surface area contributed by atoms with E-state index < -0.39 is 17.7 Å². The number of hydrogen-bond donors (Lipinski definition) is 3. The minimum absolute atomic E-state index is 0.0321. The number of nitrogens with one attached hydrogen (secondary N) is 2. The third-order valence-corrected chi connectivity index (χ3v) is 4.66. The lowest BCUT2D eigenvalue weighted by Crippen LogP contribution is -2.40. The summed E-state index contributed by atoms with van der Waals surface area (Å²) in [5, 5.41) is 14.3. The van der Waals surface area contributed by atoms with Gasteiger partial charge in [-0.2, -0.15) is 0 Å². The lowest BCUT2D eigenvalue weighted by Gasteiger charge is -2.20. The van der Waals surface area contributed by atoms with Gasteiger partial charge in [0.05, 0.1) is 10.9 Å². The second kappa shape index (κ2) is 8.73. The second-order valence-electron chi connectivity index (χ2n) is 6.86. The lowest BCUT2D eigenvalue weighted by molar-refractivity contribution is -0.116. The van der Waals surface area contributed by atoms with E-state index in [9.17, 15) is 19.2 Å². The Hall–Kier alpha value is -3.10. The Bertz CT molecular complexity index is 1010. The molecule has 0 aliphatic rings. The van der Waals surface area contributed by atoms with Gasteiger partial charge in [-0.1, -0.05) is 13.8 Å². The summed E-state index contributed by atoms with van der Waals surface area (Å²) in [5.74, 6) is -0.430. The second-order valence-corrected chi connectivity index (χ2v) is 6.86. The molecule has 1 atom stereocenters. The van der Waals surface area contributed by atoms with E-state index in [-0.39, 0.29) is 30.5 Å². The average molecular weight is 390 g/mol. The van der Waals surface area contributed by atoms with Crippen LogP contribution in [0.25, 0.3) is 10.9 Å². The Balaban J connectivity index is 2.36. The van der Waals surface area contributed by atoms with Gasteiger partial charge in [0.1, 0.15) is 0 Å². The molecular formula is C19H26N4O5. The number of hydrogen-bond acceptors (Lipinski definition) is 4. The molecule has 0 fully saturated rings. The van der Waals surface area contributed by atoms with E-state index in [1.807, 2.05) is 20.8 Å². The van der Waals surface area contributed by atoms with Crippen molar-refractivity contribution in [3.63, 3.8) is 0 Å². The van der Waals surface area contributed by atoms with Crippen LogP contribution in [-0.4, -0.2) is 32.3 Å². The number of fused-ring (bicyclic) bond motifs is 1. The van der Waals surface area contributed by atoms with Crippen LogP contribution in [-0.2, 0) is 17.9 Å². The van der Waals surface area contributed by atoms with Crippen LogP contribution in [0.2, 0.25) is 0 Å². The van der Waals surface area contributed by atoms with Crippen LogP contribution in [0.4, 0.5) is 10.5 Å². The molecule has 0 radical (unpaired) electrons. The number of anilines is 1. The van der Waals surface area contributed by atoms with Gasteiger partial charge in [0.25, 0.3) is 5.56 Å². The monoisotopic (exact) mass is 390 g/mol. The van der Waals surface area contributed by atoms with Crippen molar-refractivity contribution < 1.29 is 14.7 Å². The SMILES string of the molecule is CCn1c(=O)c2cc(NC(=O)C[C@H](NC(=O)O)C(C)C)ccc2n(CC)c1=O. The van der Waals surface area contributed by atoms with Gasteiger partial charge in [0, 0.05) is 31.2 Å². The van der Waals surface area contributed by atoms with Crippen molar-refractivity contribution in [2.75, 3.05) is 5.32 Å². The summed E-state index contributed by atoms with van der Waals surface area (Å²) in [5.41, 5.74) is 0.152. The van der Waals surface area contributed by atoms with Gasteiger partial charge < -0.3 is 15.7 Å². The van der Waals surface area contributed by atoms with Gasteiger partial charge >= 0.3 is 11.8 Å². The molecule has 152 valence electrons. The number of aromatic nitrogens is 2. The number of carbonyl (C=O) groups is 2. The number of carbonyl (C=O) groups excluding carboxylic acids is 1. The van der Waals surface area contributed by atoms with E-state index in [1.54, 1.807) is 25.1 Å². The normalized spacial score (nSPS) is 12.2. The summed E-state index contributed by atoms with van der Waals surface area (Å²) in [6.07, 6.45) is -1.22. The molecular weight excluding hydrogens is 364 g/mol. The maximum Gasteiger partial charge on any atom is 0.404 e. The molecule has 0 aliphatic carbocycles. The molecule has 28 heavy (non-hydrogen) atoms. The quantitative estimate of drug-likeness (QED) is 0.666. The highest BCUT2D eigenvalue weighted by Crippen LogP contribution is 2.17. The Labute approximate surface area is 162 Å². The fourth-order valence-electron chi connectivity index (χ4n) is 3.11. The molecule has 0 bridgehead atoms. The van der Waals surface area contributed by atoms with Crippen LogP contribution in [0.3, 0.4) is 0 Å². The molecule has 9 heteroatoms. The van der Waals surface area contributed by atoms with E-state index in [4.69, 9.17) is 5.11 Å². The average Bonchev–Trinajstić information content (AvgIpc) is 2.62. The zero-order valence-electron chi connectivity index (χ0n) is 16.5. The summed E-state index contributed by atoms with van der Waals surface area (Å²) >= 11 is 0. The summed E-state index contributed by atoms with van der Waals surface area (Å²) < 4.78 is 2.67. The molecule has 2 rings (SSSR count). The van der Waals surface area contributed by atoms with Crippen molar-refractivity contribution in [2.45, 2.75) is 53.2 Å². The highest BCUT2D eigenvalue weighted by atomic mass is 16.4. The largest absolute Gasteiger partial charge is 0.465 e. The van der Waals surface area contributed by atoms with Crippen molar-refractivity contribution in [3.05, 3.63) is 39.0 Å². The van der Waals surface area contributed by atoms with Gasteiger partial charge in [0.2, 0.25) is 5.91 Å². The third-order valence-electron chi connectivity index (χ3n) is 4.66. The van der Waals surface area contributed by atoms with Gasteiger partial charge in [-0.15, -0.1) is 0 Å². The maximum absolute atomic E-state index is 12.6. The highest BCUT2D eigenvalue weighted by Gasteiger charge is 2.20. The molecule has 0 unspecified atom stereocenters. The molecule has 3 N–H and O–H groups in total. The van der Waals surface area contributed by atoms with Gasteiger partial charge in [-0.05, 0) is 38.0 Å². The number of aryl methyl sites for hydroxylation is 1. The molecule has 1 aromatic carbocycles. The Morgan fingerprint density at radius 1 is 1.11 bits per heavy atom. The number of benzene rings is 1. The first-order chi connectivity index (χ1) is 13.2. The van der Waals surface area contributed by atoms with Crippen LogP contribution in [0.1, 0.15) is 34.1 Å². The number of carboxylic acid groups (broad SMARTS) is 1. The van der Waals surface area contributed by atoms with E-state index in [0.717, 1.165) is 4.57 Å². The molecule has 9 nitrogen and oxygen atoms in total. The minimum Gasteiger partial charge on any atom is -0.465 e. The van der Waals surface area contributed by atoms with Crippen LogP contribution >= 0.6 is 0 Å². The first-order valence-electron chi connectivity index (χ1n) is 9.26. The Morgan fingerprint density at radius 3 is 2.29 bits per heavy atom. The Morgan fingerprint density at radius 2 is 1.75 bits per heavy atom. The van der Waals surface area contributed by atoms with Crippen molar-refractivity contribution in [1.82, 2.24) is 14.5 Å². The van der Waals surface area contributed by atoms with Gasteiger partial charge in [-0.3, -0.25) is 18.7 Å². The fourth-order valence-corrected chi connectivity index (χ4v) is 3.11. The molecule has 0 spiro atoms. The molecule has 0 saturated carbocycles. The van der Waals surface area contributed by atoms with Gasteiger partial charge in [-0.25, -0.2) is 9.59 Å². The zero-order valence-corrected chi connectivity index (χ0v) is 16.5. The van der Waals surface area contributed by atoms with Crippen LogP contribution in [0.15, 0.2) is 27.8 Å². The lowest BCUT2D eigenvalue weighted by atomic mass is 10.0. The number of nitrogens with zero attached hydrogens (tertiary/aromatic N) is 2. The maximum atomic E-state index is 12.6. The van der Waals surface area contributed by atoms with Crippen LogP contribution in [0, 0.1) is 5.92 Å². The van der Waals surface area contributed by atoms with Crippen molar-refractivity contribution >= 4 is 28.6 Å². The van der Waals surface area contributed by atoms with Crippen LogP contribution in [0.5, 0.6) is 0 Å². The standard InChI is InChI=1S/C19H26N4O5/c1-5-22-15-8-7-12(9-13(15)17(25)23(6-2)19(22)28)20-16(24)10-14(11(3)4)21-18(26)27/h7-9,11,14,21H,5-6,10H2,1-4H3,(H,20,24)(H,26,27)/t14-/m0/s1. The van der Waals surface area contributed by atoms with Crippen molar-refractivity contribution in [3.8, 4) is 0 Å². The first-order valence-corrected chi connectivity index (χ1v) is 9.26. The highest BCUT2D eigenvalue weighted by molar-refractivity contribution is 5.94. The van der Waals surface area contributed by atoms with Crippen LogP contribution < -0.4 is 21.9 Å². The summed E-state index contributed by atoms with van der Waals surface area (Å²) in [4.78, 5) is 48.3. The molecule has 1 heterocycles. The van der Waals surface area contributed by atoms with Crippen molar-refractivity contribution in [1.29, 1.82) is 0 Å². The smallest absolute Gasteiger partial charge is 0.404 e. The number of amides is 2. The predicted octanol–water partition coefficient (Wildman–Crippen LogP) is 1.82. The Kier molecular flexibility index (Phi) is 6.61.